The van der Waals surface area contributed by atoms with E-state index in [9.17, 15) is 0 Å². The average Bonchev–Trinajstić information content (AvgIpc) is 3.55. The fourth-order valence-corrected chi connectivity index (χ4v) is 6.19. The van der Waals surface area contributed by atoms with Gasteiger partial charge in [0.25, 0.3) is 0 Å². The molecule has 5 heterocycles. The molecule has 0 fully saturated rings. The molecular weight excluding hydrogens is 469 g/mol. The SMILES string of the molecule is c1csc(-c2noc(CSc3nnc(SCc4nc(-c5cccs5)no4)s3)n2)c1. The first kappa shape index (κ1) is 18.9. The normalized spacial score (nSPS) is 11.3. The van der Waals surface area contributed by atoms with Crippen LogP contribution in [0.5, 0.6) is 0 Å². The molecule has 0 saturated carbocycles. The minimum absolute atomic E-state index is 0.547. The van der Waals surface area contributed by atoms with E-state index in [1.54, 1.807) is 22.7 Å². The van der Waals surface area contributed by atoms with E-state index in [1.165, 1.54) is 34.9 Å². The van der Waals surface area contributed by atoms with Gasteiger partial charge in [0.15, 0.2) is 8.68 Å². The molecular formula is C16H10N6O2S5. The molecule has 0 unspecified atom stereocenters. The lowest BCUT2D eigenvalue weighted by atomic mass is 10.4. The quantitative estimate of drug-likeness (QED) is 0.271. The molecule has 0 saturated heterocycles. The lowest BCUT2D eigenvalue weighted by Crippen LogP contribution is -1.81. The van der Waals surface area contributed by atoms with Crippen LogP contribution < -0.4 is 0 Å². The fourth-order valence-electron chi connectivity index (χ4n) is 2.20. The summed E-state index contributed by atoms with van der Waals surface area (Å²) >= 11 is 7.70. The molecule has 0 bridgehead atoms. The van der Waals surface area contributed by atoms with Crippen molar-refractivity contribution in [2.75, 3.05) is 0 Å². The fraction of sp³-hybridized carbons (Fsp3) is 0.125. The Kier molecular flexibility index (Phi) is 5.71. The van der Waals surface area contributed by atoms with Crippen LogP contribution in [0.3, 0.4) is 0 Å². The van der Waals surface area contributed by atoms with Gasteiger partial charge in [0.1, 0.15) is 0 Å². The van der Waals surface area contributed by atoms with Gasteiger partial charge in [-0.05, 0) is 22.9 Å². The maximum Gasteiger partial charge on any atom is 0.237 e. The molecule has 5 rings (SSSR count). The zero-order valence-corrected chi connectivity index (χ0v) is 18.5. The van der Waals surface area contributed by atoms with Gasteiger partial charge >= 0.3 is 0 Å². The van der Waals surface area contributed by atoms with Crippen LogP contribution in [0.25, 0.3) is 21.4 Å². The smallest absolute Gasteiger partial charge is 0.237 e. The highest BCUT2D eigenvalue weighted by atomic mass is 32.2. The van der Waals surface area contributed by atoms with Gasteiger partial charge in [0.05, 0.1) is 21.3 Å². The Hall–Kier alpha value is -2.06. The van der Waals surface area contributed by atoms with Gasteiger partial charge in [-0.25, -0.2) is 0 Å². The molecule has 5 aromatic rings. The molecule has 0 aromatic carbocycles. The first-order valence-electron chi connectivity index (χ1n) is 8.15. The van der Waals surface area contributed by atoms with E-state index in [0.717, 1.165) is 18.4 Å². The number of thiophene rings is 2. The van der Waals surface area contributed by atoms with Crippen molar-refractivity contribution in [3.05, 3.63) is 46.8 Å². The van der Waals surface area contributed by atoms with Crippen molar-refractivity contribution in [3.8, 4) is 21.4 Å². The Balaban J connectivity index is 1.14. The summed E-state index contributed by atoms with van der Waals surface area (Å²) in [6.07, 6.45) is 0. The van der Waals surface area contributed by atoms with E-state index >= 15 is 0 Å². The third-order valence-corrected chi connectivity index (χ3v) is 8.34. The summed E-state index contributed by atoms with van der Waals surface area (Å²) < 4.78 is 12.3. The number of nitrogens with zero attached hydrogens (tertiary/aromatic N) is 6. The zero-order valence-electron chi connectivity index (χ0n) is 14.4. The highest BCUT2D eigenvalue weighted by molar-refractivity contribution is 8.02. The van der Waals surface area contributed by atoms with Crippen LogP contribution in [0.1, 0.15) is 11.8 Å². The summed E-state index contributed by atoms with van der Waals surface area (Å²) in [7, 11) is 0. The van der Waals surface area contributed by atoms with E-state index in [1.807, 2.05) is 35.0 Å². The highest BCUT2D eigenvalue weighted by Crippen LogP contribution is 2.32. The van der Waals surface area contributed by atoms with Crippen LogP contribution in [-0.4, -0.2) is 30.5 Å². The lowest BCUT2D eigenvalue weighted by Gasteiger charge is -1.90. The van der Waals surface area contributed by atoms with Crippen LogP contribution in [0.2, 0.25) is 0 Å². The van der Waals surface area contributed by atoms with Crippen LogP contribution in [0.15, 0.2) is 52.8 Å². The van der Waals surface area contributed by atoms with Crippen LogP contribution >= 0.6 is 57.5 Å². The summed E-state index contributed by atoms with van der Waals surface area (Å²) in [5.41, 5.74) is 0. The maximum absolute atomic E-state index is 5.30. The Morgan fingerprint density at radius 1 is 0.759 bits per heavy atom. The van der Waals surface area contributed by atoms with Gasteiger partial charge in [0.2, 0.25) is 23.4 Å². The molecule has 0 radical (unpaired) electrons. The van der Waals surface area contributed by atoms with Crippen LogP contribution in [0, 0.1) is 0 Å². The maximum atomic E-state index is 5.30. The second-order valence-corrected chi connectivity index (χ2v) is 10.7. The van der Waals surface area contributed by atoms with Crippen molar-refractivity contribution >= 4 is 57.5 Å². The van der Waals surface area contributed by atoms with Gasteiger partial charge in [-0.3, -0.25) is 0 Å². The zero-order chi connectivity index (χ0) is 19.5. The van der Waals surface area contributed by atoms with Crippen molar-refractivity contribution in [3.63, 3.8) is 0 Å². The van der Waals surface area contributed by atoms with Crippen LogP contribution in [0.4, 0.5) is 0 Å². The Bertz CT molecular complexity index is 1090. The molecule has 5 aromatic heterocycles. The molecule has 29 heavy (non-hydrogen) atoms. The topological polar surface area (TPSA) is 104 Å². The average molecular weight is 479 g/mol. The molecule has 0 aliphatic carbocycles. The first-order chi connectivity index (χ1) is 14.3. The Morgan fingerprint density at radius 3 is 1.72 bits per heavy atom. The predicted molar refractivity (Wildman–Crippen MR) is 114 cm³/mol. The standard InChI is InChI=1S/C16H10N6O2S5/c1-3-9(25-5-1)13-17-11(23-21-13)7-27-15-19-20-16(29-15)28-8-12-18-14(22-24-12)10-4-2-6-26-10/h1-6H,7-8H2. The largest absolute Gasteiger partial charge is 0.338 e. The second-order valence-electron chi connectivity index (χ2n) is 5.39. The Morgan fingerprint density at radius 2 is 1.28 bits per heavy atom. The third kappa shape index (κ3) is 4.59. The number of hydrogen-bond donors (Lipinski definition) is 0. The van der Waals surface area contributed by atoms with E-state index in [2.05, 4.69) is 30.5 Å². The number of hydrogen-bond acceptors (Lipinski definition) is 13. The molecule has 13 heteroatoms. The Labute approximate surface area is 184 Å². The number of thioether (sulfide) groups is 2. The first-order valence-corrected chi connectivity index (χ1v) is 12.7. The summed E-state index contributed by atoms with van der Waals surface area (Å²) in [4.78, 5) is 10.8. The number of aromatic nitrogens is 6. The summed E-state index contributed by atoms with van der Waals surface area (Å²) in [5.74, 6) is 3.46. The van der Waals surface area contributed by atoms with Crippen molar-refractivity contribution < 1.29 is 9.05 Å². The van der Waals surface area contributed by atoms with E-state index in [4.69, 9.17) is 9.05 Å². The van der Waals surface area contributed by atoms with Crippen molar-refractivity contribution in [2.45, 2.75) is 20.2 Å². The molecule has 0 spiro atoms. The van der Waals surface area contributed by atoms with Gasteiger partial charge in [-0.1, -0.05) is 57.3 Å². The summed E-state index contributed by atoms with van der Waals surface area (Å²) in [6.45, 7) is 0. The molecule has 0 amide bonds. The van der Waals surface area contributed by atoms with E-state index in [0.29, 0.717) is 34.9 Å². The number of rotatable bonds is 8. The molecule has 0 N–H and O–H groups in total. The summed E-state index contributed by atoms with van der Waals surface area (Å²) in [5, 5.41) is 20.4. The van der Waals surface area contributed by atoms with Crippen molar-refractivity contribution in [2.24, 2.45) is 0 Å². The van der Waals surface area contributed by atoms with Crippen molar-refractivity contribution in [1.29, 1.82) is 0 Å². The minimum Gasteiger partial charge on any atom is -0.338 e. The lowest BCUT2D eigenvalue weighted by molar-refractivity contribution is 0.391. The van der Waals surface area contributed by atoms with E-state index < -0.39 is 0 Å². The van der Waals surface area contributed by atoms with Gasteiger partial charge in [-0.15, -0.1) is 32.9 Å². The molecule has 8 nitrogen and oxygen atoms in total. The molecule has 0 aliphatic heterocycles. The molecule has 0 aliphatic rings. The highest BCUT2D eigenvalue weighted by Gasteiger charge is 2.14. The molecule has 146 valence electrons. The minimum atomic E-state index is 0.547. The van der Waals surface area contributed by atoms with Gasteiger partial charge in [0, 0.05) is 0 Å². The predicted octanol–water partition coefficient (Wildman–Crippen LogP) is 5.35. The van der Waals surface area contributed by atoms with Crippen molar-refractivity contribution in [1.82, 2.24) is 30.5 Å². The summed E-state index contributed by atoms with van der Waals surface area (Å²) in [6, 6.07) is 7.85. The van der Waals surface area contributed by atoms with E-state index in [-0.39, 0.29) is 0 Å². The van der Waals surface area contributed by atoms with Gasteiger partial charge < -0.3 is 9.05 Å². The monoisotopic (exact) mass is 478 g/mol. The van der Waals surface area contributed by atoms with Crippen LogP contribution in [-0.2, 0) is 11.5 Å². The second kappa shape index (κ2) is 8.75. The molecule has 0 atom stereocenters. The van der Waals surface area contributed by atoms with Gasteiger partial charge in [-0.2, -0.15) is 9.97 Å². The third-order valence-electron chi connectivity index (χ3n) is 3.45.